The van der Waals surface area contributed by atoms with E-state index in [0.29, 0.717) is 6.61 Å². The second-order valence-electron chi connectivity index (χ2n) is 5.31. The first-order chi connectivity index (χ1) is 10.8. The summed E-state index contributed by atoms with van der Waals surface area (Å²) in [6.07, 6.45) is 2.10. The Bertz CT molecular complexity index is 737. The second-order valence-corrected chi connectivity index (χ2v) is 5.31. The van der Waals surface area contributed by atoms with Crippen LogP contribution in [-0.4, -0.2) is 6.61 Å². The number of benzene rings is 2. The first-order valence-electron chi connectivity index (χ1n) is 7.56. The van der Waals surface area contributed by atoms with E-state index < -0.39 is 0 Å². The quantitative estimate of drug-likeness (QED) is 0.647. The maximum atomic E-state index is 5.86. The lowest BCUT2D eigenvalue weighted by molar-refractivity contribution is -0.686. The van der Waals surface area contributed by atoms with Gasteiger partial charge >= 0.3 is 0 Å². The number of rotatable bonds is 5. The molecule has 0 atom stereocenters. The summed E-state index contributed by atoms with van der Waals surface area (Å²) in [6, 6.07) is 24.9. The van der Waals surface area contributed by atoms with Crippen LogP contribution in [0.5, 0.6) is 5.75 Å². The molecule has 0 saturated carbocycles. The number of nitrogens with zero attached hydrogens (tertiary/aromatic N) is 1. The molecule has 0 unspecified atom stereocenters. The molecule has 0 amide bonds. The highest BCUT2D eigenvalue weighted by Crippen LogP contribution is 2.14. The van der Waals surface area contributed by atoms with Gasteiger partial charge < -0.3 is 4.74 Å². The lowest BCUT2D eigenvalue weighted by atomic mass is 10.1. The van der Waals surface area contributed by atoms with Gasteiger partial charge in [-0.15, -0.1) is 0 Å². The lowest BCUT2D eigenvalue weighted by Gasteiger charge is -2.07. The minimum absolute atomic E-state index is 0.651. The van der Waals surface area contributed by atoms with E-state index in [1.54, 1.807) is 0 Å². The van der Waals surface area contributed by atoms with Crippen molar-refractivity contribution in [2.24, 2.45) is 0 Å². The van der Waals surface area contributed by atoms with Gasteiger partial charge in [-0.05, 0) is 42.8 Å². The van der Waals surface area contributed by atoms with Crippen LogP contribution < -0.4 is 9.30 Å². The van der Waals surface area contributed by atoms with Crippen LogP contribution in [0.2, 0.25) is 0 Å². The predicted octanol–water partition coefficient (Wildman–Crippen LogP) is 4.03. The van der Waals surface area contributed by atoms with Crippen molar-refractivity contribution in [2.75, 3.05) is 6.61 Å². The molecule has 0 N–H and O–H groups in total. The molecule has 1 heterocycles. The highest BCUT2D eigenvalue weighted by molar-refractivity contribution is 5.55. The van der Waals surface area contributed by atoms with Crippen LogP contribution in [0.4, 0.5) is 0 Å². The Balaban J connectivity index is 1.71. The minimum Gasteiger partial charge on any atom is -0.487 e. The molecular formula is C20H20NO+. The fourth-order valence-electron chi connectivity index (χ4n) is 2.51. The van der Waals surface area contributed by atoms with E-state index in [9.17, 15) is 0 Å². The molecule has 0 aliphatic carbocycles. The highest BCUT2D eigenvalue weighted by Gasteiger charge is 2.11. The van der Waals surface area contributed by atoms with Crippen LogP contribution >= 0.6 is 0 Å². The van der Waals surface area contributed by atoms with Crippen LogP contribution in [-0.2, 0) is 6.54 Å². The topological polar surface area (TPSA) is 13.1 Å². The molecule has 2 nitrogen and oxygen atoms in total. The van der Waals surface area contributed by atoms with E-state index in [1.807, 2.05) is 18.2 Å². The molecule has 2 heteroatoms. The van der Waals surface area contributed by atoms with Crippen LogP contribution in [0.3, 0.4) is 0 Å². The molecule has 0 radical (unpaired) electrons. The monoisotopic (exact) mass is 290 g/mol. The maximum Gasteiger partial charge on any atom is 0.212 e. The van der Waals surface area contributed by atoms with E-state index in [4.69, 9.17) is 4.74 Å². The van der Waals surface area contributed by atoms with Gasteiger partial charge in [-0.3, -0.25) is 0 Å². The Hall–Kier alpha value is -2.61. The van der Waals surface area contributed by atoms with Gasteiger partial charge in [0.1, 0.15) is 12.4 Å². The summed E-state index contributed by atoms with van der Waals surface area (Å²) in [5, 5.41) is 0. The third-order valence-corrected chi connectivity index (χ3v) is 3.60. The van der Waals surface area contributed by atoms with Crippen LogP contribution in [0.15, 0.2) is 79.0 Å². The summed E-state index contributed by atoms with van der Waals surface area (Å²) >= 11 is 0. The second kappa shape index (κ2) is 6.90. The van der Waals surface area contributed by atoms with Gasteiger partial charge in [-0.25, -0.2) is 0 Å². The molecule has 1 aromatic heterocycles. The Kier molecular flexibility index (Phi) is 4.50. The van der Waals surface area contributed by atoms with Gasteiger partial charge in [0.25, 0.3) is 0 Å². The van der Waals surface area contributed by atoms with Crippen molar-refractivity contribution < 1.29 is 9.30 Å². The average Bonchev–Trinajstić information content (AvgIpc) is 2.56. The van der Waals surface area contributed by atoms with Crippen LogP contribution in [0.25, 0.3) is 11.3 Å². The molecule has 22 heavy (non-hydrogen) atoms. The lowest BCUT2D eigenvalue weighted by Crippen LogP contribution is -2.38. The van der Waals surface area contributed by atoms with E-state index in [-0.39, 0.29) is 0 Å². The SMILES string of the molecule is Cc1cccc(OCC[n+]2ccccc2-c2ccccc2)c1. The van der Waals surface area contributed by atoms with Gasteiger partial charge in [0.05, 0.1) is 0 Å². The third kappa shape index (κ3) is 3.53. The summed E-state index contributed by atoms with van der Waals surface area (Å²) in [5.74, 6) is 0.929. The van der Waals surface area contributed by atoms with Crippen molar-refractivity contribution in [1.29, 1.82) is 0 Å². The molecular weight excluding hydrogens is 270 g/mol. The first kappa shape index (κ1) is 14.3. The van der Waals surface area contributed by atoms with Crippen molar-refractivity contribution in [3.05, 3.63) is 84.6 Å². The van der Waals surface area contributed by atoms with Gasteiger partial charge in [0.15, 0.2) is 12.7 Å². The number of pyridine rings is 1. The molecule has 3 aromatic rings. The molecule has 0 spiro atoms. The predicted molar refractivity (Wildman–Crippen MR) is 88.7 cm³/mol. The third-order valence-electron chi connectivity index (χ3n) is 3.60. The number of hydrogen-bond acceptors (Lipinski definition) is 1. The minimum atomic E-state index is 0.651. The largest absolute Gasteiger partial charge is 0.487 e. The molecule has 110 valence electrons. The fraction of sp³-hybridized carbons (Fsp3) is 0.150. The Morgan fingerprint density at radius 3 is 2.50 bits per heavy atom. The van der Waals surface area contributed by atoms with Crippen molar-refractivity contribution in [1.82, 2.24) is 0 Å². The van der Waals surface area contributed by atoms with E-state index >= 15 is 0 Å². The van der Waals surface area contributed by atoms with E-state index in [2.05, 4.69) is 72.3 Å². The van der Waals surface area contributed by atoms with Crippen LogP contribution in [0, 0.1) is 6.92 Å². The highest BCUT2D eigenvalue weighted by atomic mass is 16.5. The zero-order chi connectivity index (χ0) is 15.2. The van der Waals surface area contributed by atoms with Gasteiger partial charge in [-0.1, -0.05) is 30.3 Å². The molecule has 0 bridgehead atoms. The maximum absolute atomic E-state index is 5.86. The Morgan fingerprint density at radius 1 is 0.864 bits per heavy atom. The number of aromatic nitrogens is 1. The zero-order valence-electron chi connectivity index (χ0n) is 12.8. The Labute approximate surface area is 131 Å². The fourth-order valence-corrected chi connectivity index (χ4v) is 2.51. The normalized spacial score (nSPS) is 10.4. The molecule has 0 saturated heterocycles. The average molecular weight is 290 g/mol. The molecule has 2 aromatic carbocycles. The Morgan fingerprint density at radius 2 is 1.68 bits per heavy atom. The summed E-state index contributed by atoms with van der Waals surface area (Å²) < 4.78 is 8.09. The smallest absolute Gasteiger partial charge is 0.212 e. The van der Waals surface area contributed by atoms with Crippen molar-refractivity contribution >= 4 is 0 Å². The summed E-state index contributed by atoms with van der Waals surface area (Å²) in [4.78, 5) is 0. The van der Waals surface area contributed by atoms with Crippen molar-refractivity contribution in [3.63, 3.8) is 0 Å². The zero-order valence-corrected chi connectivity index (χ0v) is 12.8. The molecule has 0 aliphatic heterocycles. The number of aryl methyl sites for hydroxylation is 1. The van der Waals surface area contributed by atoms with Gasteiger partial charge in [0, 0.05) is 17.7 Å². The summed E-state index contributed by atoms with van der Waals surface area (Å²) in [7, 11) is 0. The van der Waals surface area contributed by atoms with Crippen molar-refractivity contribution in [3.8, 4) is 17.0 Å². The molecule has 0 fully saturated rings. The van der Waals surface area contributed by atoms with Crippen LogP contribution in [0.1, 0.15) is 5.56 Å². The molecule has 3 rings (SSSR count). The first-order valence-corrected chi connectivity index (χ1v) is 7.56. The number of hydrogen-bond donors (Lipinski definition) is 0. The van der Waals surface area contributed by atoms with Gasteiger partial charge in [0.2, 0.25) is 5.69 Å². The van der Waals surface area contributed by atoms with Gasteiger partial charge in [-0.2, -0.15) is 4.57 Å². The molecule has 0 aliphatic rings. The van der Waals surface area contributed by atoms with E-state index in [1.165, 1.54) is 16.8 Å². The summed E-state index contributed by atoms with van der Waals surface area (Å²) in [5.41, 5.74) is 3.64. The summed E-state index contributed by atoms with van der Waals surface area (Å²) in [6.45, 7) is 3.54. The number of ether oxygens (including phenoxy) is 1. The standard InChI is InChI=1S/C20H20NO/c1-17-8-7-11-19(16-17)22-15-14-21-13-6-5-12-20(21)18-9-3-2-4-10-18/h2-13,16H,14-15H2,1H3/q+1. The van der Waals surface area contributed by atoms with Crippen molar-refractivity contribution in [2.45, 2.75) is 13.5 Å². The van der Waals surface area contributed by atoms with E-state index in [0.717, 1.165) is 12.3 Å².